The van der Waals surface area contributed by atoms with Gasteiger partial charge in [0.15, 0.2) is 0 Å². The summed E-state index contributed by atoms with van der Waals surface area (Å²) in [5.74, 6) is 0.704. The fourth-order valence-electron chi connectivity index (χ4n) is 1.25. The van der Waals surface area contributed by atoms with Crippen LogP contribution in [0, 0.1) is 5.92 Å². The highest BCUT2D eigenvalue weighted by molar-refractivity contribution is 9.11. The molecule has 1 heterocycles. The van der Waals surface area contributed by atoms with Crippen molar-refractivity contribution in [2.24, 2.45) is 5.92 Å². The maximum Gasteiger partial charge on any atom is 0.261 e. The fourth-order valence-corrected chi connectivity index (χ4v) is 2.88. The van der Waals surface area contributed by atoms with Crippen LogP contribution < -0.4 is 5.32 Å². The summed E-state index contributed by atoms with van der Waals surface area (Å²) in [5.41, 5.74) is 0. The highest BCUT2D eigenvalue weighted by Gasteiger charge is 2.07. The molecule has 0 bridgehead atoms. The zero-order chi connectivity index (χ0) is 12.0. The topological polar surface area (TPSA) is 29.1 Å². The maximum absolute atomic E-state index is 11.6. The summed E-state index contributed by atoms with van der Waals surface area (Å²) in [5, 5.41) is 3.95. The Morgan fingerprint density at radius 2 is 2.31 bits per heavy atom. The molecule has 1 rings (SSSR count). The second kappa shape index (κ2) is 7.45. The van der Waals surface area contributed by atoms with Crippen molar-refractivity contribution in [1.82, 2.24) is 5.32 Å². The van der Waals surface area contributed by atoms with Gasteiger partial charge in [-0.3, -0.25) is 4.79 Å². The minimum Gasteiger partial charge on any atom is -0.351 e. The van der Waals surface area contributed by atoms with Gasteiger partial charge in [-0.1, -0.05) is 22.9 Å². The van der Waals surface area contributed by atoms with Crippen LogP contribution in [0.1, 0.15) is 29.4 Å². The number of halogens is 2. The smallest absolute Gasteiger partial charge is 0.261 e. The molecule has 2 nitrogen and oxygen atoms in total. The lowest BCUT2D eigenvalue weighted by molar-refractivity contribution is 0.0956. The van der Waals surface area contributed by atoms with Gasteiger partial charge in [0, 0.05) is 11.9 Å². The van der Waals surface area contributed by atoms with Gasteiger partial charge in [0.05, 0.1) is 8.66 Å². The first-order valence-electron chi connectivity index (χ1n) is 5.23. The van der Waals surface area contributed by atoms with Gasteiger partial charge in [-0.15, -0.1) is 11.3 Å². The highest BCUT2D eigenvalue weighted by Crippen LogP contribution is 2.21. The zero-order valence-corrected chi connectivity index (χ0v) is 13.1. The maximum atomic E-state index is 11.6. The standard InChI is InChI=1S/C11H15Br2NOS/c1-8(7-12)3-2-6-14-11(15)9-4-5-10(13)16-9/h4-5,8H,2-3,6-7H2,1H3,(H,14,15). The van der Waals surface area contributed by atoms with Gasteiger partial charge in [-0.05, 0) is 46.8 Å². The van der Waals surface area contributed by atoms with E-state index in [1.807, 2.05) is 12.1 Å². The minimum absolute atomic E-state index is 0.0298. The molecule has 0 aromatic carbocycles. The van der Waals surface area contributed by atoms with Gasteiger partial charge in [-0.2, -0.15) is 0 Å². The van der Waals surface area contributed by atoms with Crippen molar-refractivity contribution in [2.45, 2.75) is 19.8 Å². The molecule has 0 aliphatic heterocycles. The Hall–Kier alpha value is 0.130. The first-order chi connectivity index (χ1) is 7.63. The Morgan fingerprint density at radius 3 is 2.88 bits per heavy atom. The van der Waals surface area contributed by atoms with Gasteiger partial charge >= 0.3 is 0 Å². The first kappa shape index (κ1) is 14.2. The van der Waals surface area contributed by atoms with Crippen molar-refractivity contribution in [3.05, 3.63) is 20.8 Å². The third-order valence-corrected chi connectivity index (χ3v) is 4.95. The molecule has 90 valence electrons. The minimum atomic E-state index is 0.0298. The molecule has 5 heteroatoms. The van der Waals surface area contributed by atoms with Crippen molar-refractivity contribution < 1.29 is 4.79 Å². The number of hydrogen-bond donors (Lipinski definition) is 1. The lowest BCUT2D eigenvalue weighted by atomic mass is 10.1. The highest BCUT2D eigenvalue weighted by atomic mass is 79.9. The Balaban J connectivity index is 2.21. The van der Waals surface area contributed by atoms with Crippen LogP contribution in [0.25, 0.3) is 0 Å². The van der Waals surface area contributed by atoms with Gasteiger partial charge in [0.1, 0.15) is 0 Å². The third kappa shape index (κ3) is 4.97. The molecule has 0 spiro atoms. The number of alkyl halides is 1. The second-order valence-electron chi connectivity index (χ2n) is 3.76. The Kier molecular flexibility index (Phi) is 6.61. The molecule has 1 aromatic heterocycles. The van der Waals surface area contributed by atoms with E-state index in [-0.39, 0.29) is 5.91 Å². The average Bonchev–Trinajstić information content (AvgIpc) is 2.70. The van der Waals surface area contributed by atoms with Crippen LogP contribution in [0.3, 0.4) is 0 Å². The van der Waals surface area contributed by atoms with Gasteiger partial charge in [0.25, 0.3) is 5.91 Å². The Bertz CT molecular complexity index is 340. The van der Waals surface area contributed by atoms with Crippen molar-refractivity contribution in [1.29, 1.82) is 0 Å². The summed E-state index contributed by atoms with van der Waals surface area (Å²) >= 11 is 8.25. The summed E-state index contributed by atoms with van der Waals surface area (Å²) < 4.78 is 0.991. The van der Waals surface area contributed by atoms with E-state index in [0.717, 1.165) is 33.4 Å². The van der Waals surface area contributed by atoms with Crippen LogP contribution >= 0.6 is 43.2 Å². The van der Waals surface area contributed by atoms with Crippen LogP contribution in [0.2, 0.25) is 0 Å². The monoisotopic (exact) mass is 367 g/mol. The molecule has 0 radical (unpaired) electrons. The molecule has 0 saturated heterocycles. The van der Waals surface area contributed by atoms with Crippen molar-refractivity contribution in [3.63, 3.8) is 0 Å². The lowest BCUT2D eigenvalue weighted by Crippen LogP contribution is -2.23. The number of hydrogen-bond acceptors (Lipinski definition) is 2. The number of amides is 1. The van der Waals surface area contributed by atoms with Crippen LogP contribution in [0.5, 0.6) is 0 Å². The van der Waals surface area contributed by atoms with Crippen LogP contribution in [0.4, 0.5) is 0 Å². The number of carbonyl (C=O) groups is 1. The van der Waals surface area contributed by atoms with E-state index in [0.29, 0.717) is 5.92 Å². The quantitative estimate of drug-likeness (QED) is 0.595. The van der Waals surface area contributed by atoms with Crippen molar-refractivity contribution in [3.8, 4) is 0 Å². The molecule has 1 atom stereocenters. The largest absolute Gasteiger partial charge is 0.351 e. The lowest BCUT2D eigenvalue weighted by Gasteiger charge is -2.07. The number of thiophene rings is 1. The summed E-state index contributed by atoms with van der Waals surface area (Å²) in [6.45, 7) is 2.96. The number of nitrogens with one attached hydrogen (secondary N) is 1. The number of rotatable bonds is 6. The second-order valence-corrected chi connectivity index (χ2v) is 6.87. The van der Waals surface area contributed by atoms with E-state index >= 15 is 0 Å². The van der Waals surface area contributed by atoms with E-state index in [9.17, 15) is 4.79 Å². The molecule has 16 heavy (non-hydrogen) atoms. The van der Waals surface area contributed by atoms with E-state index in [2.05, 4.69) is 44.1 Å². The predicted octanol–water partition coefficient (Wildman–Crippen LogP) is 4.05. The summed E-state index contributed by atoms with van der Waals surface area (Å²) in [6, 6.07) is 3.73. The fraction of sp³-hybridized carbons (Fsp3) is 0.545. The third-order valence-electron chi connectivity index (χ3n) is 2.22. The van der Waals surface area contributed by atoms with Crippen molar-refractivity contribution in [2.75, 3.05) is 11.9 Å². The molecule has 1 amide bonds. The van der Waals surface area contributed by atoms with Gasteiger partial charge in [0.2, 0.25) is 0 Å². The molecule has 1 N–H and O–H groups in total. The van der Waals surface area contributed by atoms with E-state index in [1.165, 1.54) is 11.3 Å². The summed E-state index contributed by atoms with van der Waals surface area (Å²) in [6.07, 6.45) is 2.17. The van der Waals surface area contributed by atoms with E-state index < -0.39 is 0 Å². The van der Waals surface area contributed by atoms with E-state index in [1.54, 1.807) is 0 Å². The molecular weight excluding hydrogens is 354 g/mol. The van der Waals surface area contributed by atoms with Gasteiger partial charge < -0.3 is 5.32 Å². The Morgan fingerprint density at radius 1 is 1.56 bits per heavy atom. The molecule has 1 unspecified atom stereocenters. The predicted molar refractivity (Wildman–Crippen MR) is 76.5 cm³/mol. The van der Waals surface area contributed by atoms with Crippen LogP contribution in [-0.4, -0.2) is 17.8 Å². The molecular formula is C11H15Br2NOS. The van der Waals surface area contributed by atoms with Crippen molar-refractivity contribution >= 4 is 49.1 Å². The molecule has 1 aromatic rings. The van der Waals surface area contributed by atoms with Crippen LogP contribution in [-0.2, 0) is 0 Å². The SMILES string of the molecule is CC(CBr)CCCNC(=O)c1ccc(Br)s1. The molecule has 0 saturated carbocycles. The molecule has 0 aliphatic carbocycles. The normalized spacial score (nSPS) is 12.4. The zero-order valence-electron chi connectivity index (χ0n) is 9.13. The van der Waals surface area contributed by atoms with Gasteiger partial charge in [-0.25, -0.2) is 0 Å². The average molecular weight is 369 g/mol. The number of carbonyl (C=O) groups excluding carboxylic acids is 1. The summed E-state index contributed by atoms with van der Waals surface area (Å²) in [4.78, 5) is 12.4. The van der Waals surface area contributed by atoms with Crippen LogP contribution in [0.15, 0.2) is 15.9 Å². The molecule has 0 fully saturated rings. The van der Waals surface area contributed by atoms with E-state index in [4.69, 9.17) is 0 Å². The molecule has 0 aliphatic rings. The Labute approximate surface area is 117 Å². The summed E-state index contributed by atoms with van der Waals surface area (Å²) in [7, 11) is 0. The first-order valence-corrected chi connectivity index (χ1v) is 7.96.